The Labute approximate surface area is 89.2 Å². The first kappa shape index (κ1) is 9.33. The zero-order chi connectivity index (χ0) is 10.1. The van der Waals surface area contributed by atoms with E-state index in [-0.39, 0.29) is 12.0 Å². The number of halogens is 1. The highest BCUT2D eigenvalue weighted by Crippen LogP contribution is 2.31. The fourth-order valence-corrected chi connectivity index (χ4v) is 1.74. The van der Waals surface area contributed by atoms with Crippen molar-refractivity contribution >= 4 is 21.9 Å². The van der Waals surface area contributed by atoms with Crippen molar-refractivity contribution in [2.24, 2.45) is 10.2 Å². The van der Waals surface area contributed by atoms with Crippen LogP contribution in [-0.4, -0.2) is 19.1 Å². The van der Waals surface area contributed by atoms with Gasteiger partial charge in [0.1, 0.15) is 10.6 Å². The molecular formula is C9H7BrN2O2. The molecule has 5 heteroatoms. The van der Waals surface area contributed by atoms with E-state index in [1.54, 1.807) is 12.2 Å². The number of hydrogen-bond acceptors (Lipinski definition) is 4. The fraction of sp³-hybridized carbons (Fsp3) is 0.222. The van der Waals surface area contributed by atoms with Crippen molar-refractivity contribution in [3.63, 3.8) is 0 Å². The number of nitrogens with zero attached hydrogens (tertiary/aromatic N) is 2. The SMILES string of the molecule is COC(=O)C1=CC2=C(Br)N=N[C@H]2C=C1. The minimum absolute atomic E-state index is 0.0576. The molecule has 0 fully saturated rings. The number of methoxy groups -OCH3 is 1. The number of carbonyl (C=O) groups is 1. The van der Waals surface area contributed by atoms with Crippen molar-refractivity contribution in [2.75, 3.05) is 7.11 Å². The van der Waals surface area contributed by atoms with Gasteiger partial charge in [0.05, 0.1) is 12.7 Å². The maximum atomic E-state index is 11.2. The highest BCUT2D eigenvalue weighted by molar-refractivity contribution is 9.11. The van der Waals surface area contributed by atoms with Gasteiger partial charge in [-0.1, -0.05) is 6.08 Å². The molecule has 1 aliphatic heterocycles. The molecule has 2 aliphatic rings. The van der Waals surface area contributed by atoms with Crippen LogP contribution in [-0.2, 0) is 9.53 Å². The lowest BCUT2D eigenvalue weighted by atomic mass is 9.99. The van der Waals surface area contributed by atoms with Crippen molar-refractivity contribution in [3.05, 3.63) is 34.0 Å². The fourth-order valence-electron chi connectivity index (χ4n) is 1.30. The smallest absolute Gasteiger partial charge is 0.337 e. The Morgan fingerprint density at radius 1 is 1.64 bits per heavy atom. The molecule has 1 aliphatic carbocycles. The Kier molecular flexibility index (Phi) is 2.33. The van der Waals surface area contributed by atoms with Gasteiger partial charge in [-0.2, -0.15) is 5.11 Å². The molecule has 1 atom stereocenters. The average Bonchev–Trinajstić information content (AvgIpc) is 2.59. The summed E-state index contributed by atoms with van der Waals surface area (Å²) in [5.41, 5.74) is 1.41. The van der Waals surface area contributed by atoms with Gasteiger partial charge in [-0.25, -0.2) is 4.79 Å². The third-order valence-corrected chi connectivity index (χ3v) is 2.63. The molecule has 0 saturated carbocycles. The third kappa shape index (κ3) is 1.43. The lowest BCUT2D eigenvalue weighted by Gasteiger charge is -2.10. The third-order valence-electron chi connectivity index (χ3n) is 2.02. The van der Waals surface area contributed by atoms with Gasteiger partial charge in [0.25, 0.3) is 0 Å². The summed E-state index contributed by atoms with van der Waals surface area (Å²) in [7, 11) is 1.36. The number of rotatable bonds is 1. The van der Waals surface area contributed by atoms with E-state index in [0.717, 1.165) is 5.57 Å². The molecule has 0 spiro atoms. The maximum absolute atomic E-state index is 11.2. The standard InChI is InChI=1S/C9H7BrN2O2/c1-14-9(13)5-2-3-7-6(4-5)8(10)12-11-7/h2-4,7H,1H3/t7-/m0/s1. The van der Waals surface area contributed by atoms with E-state index in [1.165, 1.54) is 7.11 Å². The zero-order valence-electron chi connectivity index (χ0n) is 7.40. The largest absolute Gasteiger partial charge is 0.465 e. The molecule has 0 aromatic heterocycles. The normalized spacial score (nSPS) is 23.6. The summed E-state index contributed by atoms with van der Waals surface area (Å²) in [5.74, 6) is -0.348. The molecule has 4 nitrogen and oxygen atoms in total. The van der Waals surface area contributed by atoms with Crippen molar-refractivity contribution in [1.29, 1.82) is 0 Å². The molecule has 0 amide bonds. The van der Waals surface area contributed by atoms with E-state index in [1.807, 2.05) is 6.08 Å². The van der Waals surface area contributed by atoms with Gasteiger partial charge in [0.15, 0.2) is 0 Å². The molecule has 0 saturated heterocycles. The summed E-state index contributed by atoms with van der Waals surface area (Å²) < 4.78 is 5.29. The van der Waals surface area contributed by atoms with Gasteiger partial charge < -0.3 is 4.74 Å². The number of carbonyl (C=O) groups excluding carboxylic acids is 1. The van der Waals surface area contributed by atoms with Crippen molar-refractivity contribution < 1.29 is 9.53 Å². The topological polar surface area (TPSA) is 51.0 Å². The first-order chi connectivity index (χ1) is 6.72. The first-order valence-electron chi connectivity index (χ1n) is 4.01. The second-order valence-corrected chi connectivity index (χ2v) is 3.61. The number of azo groups is 1. The minimum Gasteiger partial charge on any atom is -0.465 e. The summed E-state index contributed by atoms with van der Waals surface area (Å²) in [5, 5.41) is 7.85. The Morgan fingerprint density at radius 3 is 3.14 bits per heavy atom. The number of ether oxygens (including phenoxy) is 1. The molecule has 2 rings (SSSR count). The van der Waals surface area contributed by atoms with Crippen LogP contribution in [0.5, 0.6) is 0 Å². The predicted octanol–water partition coefficient (Wildman–Crippen LogP) is 2.10. The molecule has 0 aromatic rings. The maximum Gasteiger partial charge on any atom is 0.337 e. The summed E-state index contributed by atoms with van der Waals surface area (Å²) in [4.78, 5) is 11.2. The van der Waals surface area contributed by atoms with Gasteiger partial charge in [0.2, 0.25) is 0 Å². The van der Waals surface area contributed by atoms with E-state index in [9.17, 15) is 4.79 Å². The minimum atomic E-state index is -0.348. The average molecular weight is 255 g/mol. The van der Waals surface area contributed by atoms with Crippen LogP contribution in [0.1, 0.15) is 0 Å². The molecule has 0 radical (unpaired) electrons. The van der Waals surface area contributed by atoms with Crippen molar-refractivity contribution in [3.8, 4) is 0 Å². The number of esters is 1. The molecular weight excluding hydrogens is 248 g/mol. The molecule has 72 valence electrons. The van der Waals surface area contributed by atoms with Crippen LogP contribution in [0, 0.1) is 0 Å². The van der Waals surface area contributed by atoms with Gasteiger partial charge in [-0.05, 0) is 28.1 Å². The van der Waals surface area contributed by atoms with Crippen LogP contribution in [0.2, 0.25) is 0 Å². The van der Waals surface area contributed by atoms with Gasteiger partial charge >= 0.3 is 5.97 Å². The van der Waals surface area contributed by atoms with Crippen LogP contribution in [0.15, 0.2) is 44.2 Å². The van der Waals surface area contributed by atoms with E-state index in [2.05, 4.69) is 30.9 Å². The molecule has 0 aromatic carbocycles. The first-order valence-corrected chi connectivity index (χ1v) is 4.80. The van der Waals surface area contributed by atoms with Crippen LogP contribution in [0.25, 0.3) is 0 Å². The van der Waals surface area contributed by atoms with Crippen LogP contribution < -0.4 is 0 Å². The monoisotopic (exact) mass is 254 g/mol. The predicted molar refractivity (Wildman–Crippen MR) is 53.8 cm³/mol. The molecule has 1 heterocycles. The van der Waals surface area contributed by atoms with Crippen LogP contribution in [0.4, 0.5) is 0 Å². The highest BCUT2D eigenvalue weighted by Gasteiger charge is 2.23. The van der Waals surface area contributed by atoms with Crippen LogP contribution in [0.3, 0.4) is 0 Å². The highest BCUT2D eigenvalue weighted by atomic mass is 79.9. The van der Waals surface area contributed by atoms with Gasteiger partial charge in [-0.3, -0.25) is 0 Å². The van der Waals surface area contributed by atoms with E-state index in [4.69, 9.17) is 0 Å². The van der Waals surface area contributed by atoms with E-state index in [0.29, 0.717) is 10.2 Å². The zero-order valence-corrected chi connectivity index (χ0v) is 8.98. The molecule has 0 unspecified atom stereocenters. The molecule has 0 N–H and O–H groups in total. The lowest BCUT2D eigenvalue weighted by Crippen LogP contribution is -2.10. The van der Waals surface area contributed by atoms with Crippen LogP contribution >= 0.6 is 15.9 Å². The Bertz CT molecular complexity index is 407. The summed E-state index contributed by atoms with van der Waals surface area (Å²) >= 11 is 3.27. The van der Waals surface area contributed by atoms with Crippen molar-refractivity contribution in [2.45, 2.75) is 6.04 Å². The summed E-state index contributed by atoms with van der Waals surface area (Å²) in [6.07, 6.45) is 5.25. The van der Waals surface area contributed by atoms with Crippen molar-refractivity contribution in [1.82, 2.24) is 0 Å². The van der Waals surface area contributed by atoms with Gasteiger partial charge in [-0.15, -0.1) is 5.11 Å². The summed E-state index contributed by atoms with van der Waals surface area (Å²) in [6, 6.07) is -0.0576. The van der Waals surface area contributed by atoms with Gasteiger partial charge in [0, 0.05) is 5.57 Å². The lowest BCUT2D eigenvalue weighted by molar-refractivity contribution is -0.135. The second-order valence-electron chi connectivity index (χ2n) is 2.86. The second kappa shape index (κ2) is 3.49. The quantitative estimate of drug-likeness (QED) is 0.532. The number of hydrogen-bond donors (Lipinski definition) is 0. The Morgan fingerprint density at radius 2 is 2.43 bits per heavy atom. The Hall–Kier alpha value is -1.23. The summed E-state index contributed by atoms with van der Waals surface area (Å²) in [6.45, 7) is 0. The molecule has 0 bridgehead atoms. The number of fused-ring (bicyclic) bond motifs is 1. The van der Waals surface area contributed by atoms with E-state index >= 15 is 0 Å². The Balaban J connectivity index is 2.34. The van der Waals surface area contributed by atoms with E-state index < -0.39 is 0 Å². The molecule has 14 heavy (non-hydrogen) atoms.